The Balaban J connectivity index is 1.79. The SMILES string of the molecule is COC(=O)Cc1ccc(CNC(C)C(=O)N2CCCC2)s1. The zero-order chi connectivity index (χ0) is 15.2. The van der Waals surface area contributed by atoms with Crippen LogP contribution >= 0.6 is 11.3 Å². The molecule has 0 aliphatic carbocycles. The first-order valence-electron chi connectivity index (χ1n) is 7.26. The number of nitrogens with one attached hydrogen (secondary N) is 1. The van der Waals surface area contributed by atoms with Gasteiger partial charge in [0.2, 0.25) is 5.91 Å². The van der Waals surface area contributed by atoms with Crippen molar-refractivity contribution in [3.8, 4) is 0 Å². The fourth-order valence-corrected chi connectivity index (χ4v) is 3.33. The topological polar surface area (TPSA) is 58.6 Å². The number of hydrogen-bond donors (Lipinski definition) is 1. The molecule has 0 spiro atoms. The summed E-state index contributed by atoms with van der Waals surface area (Å²) in [6.45, 7) is 4.32. The lowest BCUT2D eigenvalue weighted by molar-refractivity contribution is -0.139. The van der Waals surface area contributed by atoms with Gasteiger partial charge in [0.05, 0.1) is 19.6 Å². The molecule has 5 nitrogen and oxygen atoms in total. The molecule has 0 bridgehead atoms. The Morgan fingerprint density at radius 2 is 2.00 bits per heavy atom. The maximum Gasteiger partial charge on any atom is 0.310 e. The number of thiophene rings is 1. The minimum Gasteiger partial charge on any atom is -0.469 e. The van der Waals surface area contributed by atoms with Crippen LogP contribution in [0.3, 0.4) is 0 Å². The number of carbonyl (C=O) groups excluding carboxylic acids is 2. The monoisotopic (exact) mass is 310 g/mol. The van der Waals surface area contributed by atoms with Gasteiger partial charge in [-0.25, -0.2) is 0 Å². The van der Waals surface area contributed by atoms with Crippen molar-refractivity contribution in [1.29, 1.82) is 0 Å². The van der Waals surface area contributed by atoms with Gasteiger partial charge in [-0.05, 0) is 31.9 Å². The van der Waals surface area contributed by atoms with Gasteiger partial charge < -0.3 is 15.0 Å². The molecule has 0 radical (unpaired) electrons. The number of ether oxygens (including phenoxy) is 1. The fourth-order valence-electron chi connectivity index (χ4n) is 2.38. The summed E-state index contributed by atoms with van der Waals surface area (Å²) in [5, 5.41) is 3.26. The molecule has 1 aromatic rings. The third-order valence-electron chi connectivity index (χ3n) is 3.63. The van der Waals surface area contributed by atoms with E-state index in [1.54, 1.807) is 11.3 Å². The van der Waals surface area contributed by atoms with Gasteiger partial charge in [0.15, 0.2) is 0 Å². The van der Waals surface area contributed by atoms with Crippen LogP contribution in [0.5, 0.6) is 0 Å². The Kier molecular flexibility index (Phi) is 5.76. The Bertz CT molecular complexity index is 495. The molecule has 1 aliphatic heterocycles. The van der Waals surface area contributed by atoms with Crippen molar-refractivity contribution in [2.24, 2.45) is 0 Å². The molecule has 6 heteroatoms. The highest BCUT2D eigenvalue weighted by Gasteiger charge is 2.22. The van der Waals surface area contributed by atoms with E-state index >= 15 is 0 Å². The van der Waals surface area contributed by atoms with E-state index in [9.17, 15) is 9.59 Å². The van der Waals surface area contributed by atoms with E-state index in [1.165, 1.54) is 7.11 Å². The fraction of sp³-hybridized carbons (Fsp3) is 0.600. The van der Waals surface area contributed by atoms with Crippen molar-refractivity contribution in [2.75, 3.05) is 20.2 Å². The summed E-state index contributed by atoms with van der Waals surface area (Å²) < 4.78 is 4.65. The molecule has 1 atom stereocenters. The third-order valence-corrected chi connectivity index (χ3v) is 4.72. The Morgan fingerprint density at radius 3 is 2.67 bits per heavy atom. The van der Waals surface area contributed by atoms with Crippen LogP contribution in [0.15, 0.2) is 12.1 Å². The van der Waals surface area contributed by atoms with Gasteiger partial charge in [-0.2, -0.15) is 0 Å². The quantitative estimate of drug-likeness (QED) is 0.810. The summed E-state index contributed by atoms with van der Waals surface area (Å²) >= 11 is 1.57. The number of likely N-dealkylation sites (tertiary alicyclic amines) is 1. The maximum atomic E-state index is 12.2. The first-order chi connectivity index (χ1) is 10.1. The van der Waals surface area contributed by atoms with Crippen LogP contribution in [0.2, 0.25) is 0 Å². The molecule has 2 heterocycles. The molecule has 1 amide bonds. The van der Waals surface area contributed by atoms with Crippen LogP contribution in [0.4, 0.5) is 0 Å². The van der Waals surface area contributed by atoms with Crippen LogP contribution < -0.4 is 5.32 Å². The number of esters is 1. The van der Waals surface area contributed by atoms with Crippen molar-refractivity contribution in [3.63, 3.8) is 0 Å². The van der Waals surface area contributed by atoms with E-state index in [1.807, 2.05) is 24.0 Å². The molecule has 21 heavy (non-hydrogen) atoms. The van der Waals surface area contributed by atoms with E-state index in [0.717, 1.165) is 35.7 Å². The Labute approximate surface area is 129 Å². The molecule has 0 saturated carbocycles. The second kappa shape index (κ2) is 7.56. The molecule has 1 aliphatic rings. The number of carbonyl (C=O) groups is 2. The van der Waals surface area contributed by atoms with E-state index in [4.69, 9.17) is 0 Å². The van der Waals surface area contributed by atoms with E-state index < -0.39 is 0 Å². The predicted octanol–water partition coefficient (Wildman–Crippen LogP) is 1.56. The lowest BCUT2D eigenvalue weighted by Gasteiger charge is -2.20. The smallest absolute Gasteiger partial charge is 0.310 e. The van der Waals surface area contributed by atoms with Crippen molar-refractivity contribution in [2.45, 2.75) is 38.8 Å². The molecule has 1 saturated heterocycles. The van der Waals surface area contributed by atoms with Crippen LogP contribution in [-0.4, -0.2) is 43.0 Å². The molecular formula is C15H22N2O3S. The summed E-state index contributed by atoms with van der Waals surface area (Å²) in [5.41, 5.74) is 0. The average molecular weight is 310 g/mol. The molecule has 116 valence electrons. The lowest BCUT2D eigenvalue weighted by Crippen LogP contribution is -2.43. The summed E-state index contributed by atoms with van der Waals surface area (Å²) in [7, 11) is 1.39. The molecule has 0 aromatic carbocycles. The van der Waals surface area contributed by atoms with Crippen LogP contribution in [0.25, 0.3) is 0 Å². The van der Waals surface area contributed by atoms with Crippen molar-refractivity contribution >= 4 is 23.2 Å². The van der Waals surface area contributed by atoms with Crippen LogP contribution in [0.1, 0.15) is 29.5 Å². The second-order valence-electron chi connectivity index (χ2n) is 5.26. The standard InChI is InChI=1S/C15H22N2O3S/c1-11(15(19)17-7-3-4-8-17)16-10-13-6-5-12(21-13)9-14(18)20-2/h5-6,11,16H,3-4,7-10H2,1-2H3. The van der Waals surface area contributed by atoms with Gasteiger partial charge in [-0.1, -0.05) is 0 Å². The number of rotatable bonds is 6. The molecule has 1 unspecified atom stereocenters. The third kappa shape index (κ3) is 4.54. The molecule has 1 aromatic heterocycles. The maximum absolute atomic E-state index is 12.2. The largest absolute Gasteiger partial charge is 0.469 e. The number of hydrogen-bond acceptors (Lipinski definition) is 5. The molecule has 1 N–H and O–H groups in total. The minimum absolute atomic E-state index is 0.172. The van der Waals surface area contributed by atoms with E-state index in [0.29, 0.717) is 13.0 Å². The zero-order valence-corrected chi connectivity index (χ0v) is 13.4. The minimum atomic E-state index is -0.228. The summed E-state index contributed by atoms with van der Waals surface area (Å²) in [4.78, 5) is 27.4. The van der Waals surface area contributed by atoms with E-state index in [2.05, 4.69) is 10.1 Å². The summed E-state index contributed by atoms with van der Waals surface area (Å²) in [6.07, 6.45) is 2.53. The van der Waals surface area contributed by atoms with Crippen LogP contribution in [0, 0.1) is 0 Å². The van der Waals surface area contributed by atoms with Crippen molar-refractivity contribution in [3.05, 3.63) is 21.9 Å². The Hall–Kier alpha value is -1.40. The molecule has 2 rings (SSSR count). The highest BCUT2D eigenvalue weighted by atomic mass is 32.1. The van der Waals surface area contributed by atoms with Crippen molar-refractivity contribution < 1.29 is 14.3 Å². The number of methoxy groups -OCH3 is 1. The summed E-state index contributed by atoms with van der Waals surface area (Å²) in [6, 6.07) is 3.75. The normalized spacial score (nSPS) is 16.0. The zero-order valence-electron chi connectivity index (χ0n) is 12.6. The average Bonchev–Trinajstić information content (AvgIpc) is 3.15. The van der Waals surface area contributed by atoms with Crippen molar-refractivity contribution in [1.82, 2.24) is 10.2 Å². The van der Waals surface area contributed by atoms with Gasteiger partial charge in [0, 0.05) is 29.4 Å². The lowest BCUT2D eigenvalue weighted by atomic mass is 10.3. The number of amides is 1. The first kappa shape index (κ1) is 16.0. The molecule has 1 fully saturated rings. The molecular weight excluding hydrogens is 288 g/mol. The highest BCUT2D eigenvalue weighted by molar-refractivity contribution is 7.12. The second-order valence-corrected chi connectivity index (χ2v) is 6.51. The van der Waals surface area contributed by atoms with Gasteiger partial charge in [0.25, 0.3) is 0 Å². The summed E-state index contributed by atoms with van der Waals surface area (Å²) in [5.74, 6) is -0.0484. The Morgan fingerprint density at radius 1 is 1.33 bits per heavy atom. The number of nitrogens with zero attached hydrogens (tertiary/aromatic N) is 1. The first-order valence-corrected chi connectivity index (χ1v) is 8.08. The van der Waals surface area contributed by atoms with Gasteiger partial charge in [0.1, 0.15) is 0 Å². The van der Waals surface area contributed by atoms with Crippen LogP contribution in [-0.2, 0) is 27.3 Å². The highest BCUT2D eigenvalue weighted by Crippen LogP contribution is 2.17. The van der Waals surface area contributed by atoms with Gasteiger partial charge in [-0.3, -0.25) is 9.59 Å². The predicted molar refractivity (Wildman–Crippen MR) is 82.2 cm³/mol. The van der Waals surface area contributed by atoms with Gasteiger partial charge >= 0.3 is 5.97 Å². The van der Waals surface area contributed by atoms with Gasteiger partial charge in [-0.15, -0.1) is 11.3 Å². The van der Waals surface area contributed by atoms with E-state index in [-0.39, 0.29) is 17.9 Å².